The normalized spacial score (nSPS) is 17.1. The topological polar surface area (TPSA) is 62.5 Å². The number of halogens is 2. The highest BCUT2D eigenvalue weighted by Gasteiger charge is 2.33. The minimum Gasteiger partial charge on any atom is -0.481 e. The van der Waals surface area contributed by atoms with Crippen LogP contribution in [0.3, 0.4) is 0 Å². The lowest BCUT2D eigenvalue weighted by atomic mass is 9.98. The first-order chi connectivity index (χ1) is 13.3. The van der Waals surface area contributed by atoms with E-state index in [-0.39, 0.29) is 12.3 Å². The summed E-state index contributed by atoms with van der Waals surface area (Å²) in [6.45, 7) is 2.25. The molecule has 2 heterocycles. The van der Waals surface area contributed by atoms with E-state index in [1.807, 2.05) is 16.7 Å². The van der Waals surface area contributed by atoms with Crippen LogP contribution in [0.2, 0.25) is 5.02 Å². The lowest BCUT2D eigenvalue weighted by molar-refractivity contribution is -0.137. The summed E-state index contributed by atoms with van der Waals surface area (Å²) in [5.74, 6) is -1.41. The number of rotatable bonds is 5. The molecule has 2 N–H and O–H groups in total. The standard InChI is InChI=1S/C21H19ClFNO3S/c1-11(25)16-9-14(23)10-17-19(16)21(28-15-4-2-13(22)3-5-15)20-12(8-18(26)27)6-7-24(17)20/h2-5,9-12,25H,6-8H2,1H3,(H,26,27). The Morgan fingerprint density at radius 2 is 2.07 bits per heavy atom. The summed E-state index contributed by atoms with van der Waals surface area (Å²) in [5, 5.41) is 21.0. The fraction of sp³-hybridized carbons (Fsp3) is 0.286. The molecule has 2 atom stereocenters. The molecule has 0 amide bonds. The summed E-state index contributed by atoms with van der Waals surface area (Å²) in [7, 11) is 0. The summed E-state index contributed by atoms with van der Waals surface area (Å²) in [4.78, 5) is 13.2. The van der Waals surface area contributed by atoms with E-state index in [1.54, 1.807) is 19.1 Å². The van der Waals surface area contributed by atoms with Gasteiger partial charge in [-0.2, -0.15) is 0 Å². The van der Waals surface area contributed by atoms with Crippen LogP contribution in [0.1, 0.15) is 43.0 Å². The molecule has 0 saturated carbocycles. The van der Waals surface area contributed by atoms with E-state index in [1.165, 1.54) is 23.9 Å². The van der Waals surface area contributed by atoms with Crippen molar-refractivity contribution in [3.05, 3.63) is 58.5 Å². The zero-order valence-corrected chi connectivity index (χ0v) is 16.7. The van der Waals surface area contributed by atoms with Crippen LogP contribution < -0.4 is 0 Å². The van der Waals surface area contributed by atoms with Gasteiger partial charge >= 0.3 is 5.97 Å². The molecular formula is C21H19ClFNO3S. The molecule has 146 valence electrons. The van der Waals surface area contributed by atoms with E-state index >= 15 is 0 Å². The molecule has 0 radical (unpaired) electrons. The highest BCUT2D eigenvalue weighted by molar-refractivity contribution is 7.99. The van der Waals surface area contributed by atoms with Crippen molar-refractivity contribution < 1.29 is 19.4 Å². The molecule has 2 aromatic carbocycles. The first-order valence-corrected chi connectivity index (χ1v) is 10.2. The summed E-state index contributed by atoms with van der Waals surface area (Å²) in [5.41, 5.74) is 2.13. The number of benzene rings is 2. The largest absolute Gasteiger partial charge is 0.481 e. The Morgan fingerprint density at radius 1 is 1.36 bits per heavy atom. The Kier molecular flexibility index (Phi) is 5.12. The molecule has 4 nitrogen and oxygen atoms in total. The van der Waals surface area contributed by atoms with Crippen LogP contribution in [0.5, 0.6) is 0 Å². The maximum absolute atomic E-state index is 14.3. The second kappa shape index (κ2) is 7.43. The minimum atomic E-state index is -0.854. The number of hydrogen-bond donors (Lipinski definition) is 2. The van der Waals surface area contributed by atoms with Gasteiger partial charge in [-0.3, -0.25) is 4.79 Å². The molecule has 1 aromatic heterocycles. The zero-order valence-electron chi connectivity index (χ0n) is 15.2. The van der Waals surface area contributed by atoms with Gasteiger partial charge in [0, 0.05) is 38.4 Å². The molecule has 0 fully saturated rings. The zero-order chi connectivity index (χ0) is 20.0. The Hall–Kier alpha value is -2.02. The van der Waals surface area contributed by atoms with Crippen molar-refractivity contribution in [2.24, 2.45) is 0 Å². The van der Waals surface area contributed by atoms with Crippen molar-refractivity contribution in [2.75, 3.05) is 0 Å². The van der Waals surface area contributed by atoms with Gasteiger partial charge in [-0.05, 0) is 55.3 Å². The van der Waals surface area contributed by atoms with Gasteiger partial charge in [0.2, 0.25) is 0 Å². The van der Waals surface area contributed by atoms with Crippen LogP contribution in [0, 0.1) is 5.82 Å². The summed E-state index contributed by atoms with van der Waals surface area (Å²) in [6, 6.07) is 10.2. The number of aliphatic hydroxyl groups is 1. The van der Waals surface area contributed by atoms with E-state index in [9.17, 15) is 19.4 Å². The van der Waals surface area contributed by atoms with Gasteiger partial charge < -0.3 is 14.8 Å². The molecule has 0 aliphatic carbocycles. The highest BCUT2D eigenvalue weighted by Crippen LogP contribution is 2.48. The van der Waals surface area contributed by atoms with Crippen molar-refractivity contribution in [1.82, 2.24) is 4.57 Å². The average molecular weight is 420 g/mol. The SMILES string of the molecule is CC(O)c1cc(F)cc2c1c(Sc1ccc(Cl)cc1)c1n2CCC1CC(=O)O. The summed E-state index contributed by atoms with van der Waals surface area (Å²) in [6.07, 6.45) is -0.118. The maximum Gasteiger partial charge on any atom is 0.304 e. The molecule has 7 heteroatoms. The van der Waals surface area contributed by atoms with Crippen molar-refractivity contribution in [1.29, 1.82) is 0 Å². The number of nitrogens with zero attached hydrogens (tertiary/aromatic N) is 1. The van der Waals surface area contributed by atoms with Crippen molar-refractivity contribution in [3.8, 4) is 0 Å². The van der Waals surface area contributed by atoms with Crippen LogP contribution >= 0.6 is 23.4 Å². The second-order valence-electron chi connectivity index (χ2n) is 7.07. The number of fused-ring (bicyclic) bond motifs is 3. The highest BCUT2D eigenvalue weighted by atomic mass is 35.5. The van der Waals surface area contributed by atoms with Crippen molar-refractivity contribution in [3.63, 3.8) is 0 Å². The van der Waals surface area contributed by atoms with E-state index in [4.69, 9.17) is 11.6 Å². The Balaban J connectivity index is 1.96. The number of aliphatic carboxylic acids is 1. The van der Waals surface area contributed by atoms with E-state index in [2.05, 4.69) is 0 Å². The number of aromatic nitrogens is 1. The van der Waals surface area contributed by atoms with Gasteiger partial charge in [0.25, 0.3) is 0 Å². The molecule has 28 heavy (non-hydrogen) atoms. The molecule has 0 saturated heterocycles. The van der Waals surface area contributed by atoms with Gasteiger partial charge in [0.15, 0.2) is 0 Å². The molecule has 0 bridgehead atoms. The maximum atomic E-state index is 14.3. The average Bonchev–Trinajstić information content (AvgIpc) is 3.16. The molecule has 0 spiro atoms. The number of carboxylic acid groups (broad SMARTS) is 1. The van der Waals surface area contributed by atoms with Gasteiger partial charge in [0.1, 0.15) is 5.82 Å². The van der Waals surface area contributed by atoms with E-state index < -0.39 is 17.9 Å². The quantitative estimate of drug-likeness (QED) is 0.565. The number of carbonyl (C=O) groups is 1. The van der Waals surface area contributed by atoms with Gasteiger partial charge in [-0.1, -0.05) is 23.4 Å². The number of carboxylic acids is 1. The fourth-order valence-electron chi connectivity index (χ4n) is 3.98. The minimum absolute atomic E-state index is 0.0248. The van der Waals surface area contributed by atoms with Gasteiger partial charge in [-0.15, -0.1) is 0 Å². The van der Waals surface area contributed by atoms with Crippen LogP contribution in [-0.2, 0) is 11.3 Å². The monoisotopic (exact) mass is 419 g/mol. The lowest BCUT2D eigenvalue weighted by Gasteiger charge is -2.13. The molecule has 2 unspecified atom stereocenters. The third kappa shape index (κ3) is 3.41. The number of aliphatic hydroxyl groups excluding tert-OH is 1. The predicted molar refractivity (Wildman–Crippen MR) is 108 cm³/mol. The number of aryl methyl sites for hydroxylation is 1. The third-order valence-corrected chi connectivity index (χ3v) is 6.52. The second-order valence-corrected chi connectivity index (χ2v) is 8.59. The molecule has 1 aliphatic heterocycles. The smallest absolute Gasteiger partial charge is 0.304 e. The Labute approximate surface area is 170 Å². The summed E-state index contributed by atoms with van der Waals surface area (Å²) < 4.78 is 16.3. The Morgan fingerprint density at radius 3 is 2.71 bits per heavy atom. The number of hydrogen-bond acceptors (Lipinski definition) is 3. The van der Waals surface area contributed by atoms with Crippen LogP contribution in [0.4, 0.5) is 4.39 Å². The summed E-state index contributed by atoms with van der Waals surface area (Å²) >= 11 is 7.49. The molecular weight excluding hydrogens is 401 g/mol. The van der Waals surface area contributed by atoms with Crippen molar-refractivity contribution in [2.45, 2.75) is 48.1 Å². The van der Waals surface area contributed by atoms with Crippen molar-refractivity contribution >= 4 is 40.2 Å². The van der Waals surface area contributed by atoms with E-state index in [0.29, 0.717) is 29.1 Å². The van der Waals surface area contributed by atoms with Crippen LogP contribution in [0.15, 0.2) is 46.2 Å². The lowest BCUT2D eigenvalue weighted by Crippen LogP contribution is -2.04. The predicted octanol–water partition coefficient (Wildman–Crippen LogP) is 5.60. The van der Waals surface area contributed by atoms with Gasteiger partial charge in [-0.25, -0.2) is 4.39 Å². The molecule has 1 aliphatic rings. The fourth-order valence-corrected chi connectivity index (χ4v) is 5.32. The van der Waals surface area contributed by atoms with Crippen LogP contribution in [0.25, 0.3) is 10.9 Å². The third-order valence-electron chi connectivity index (χ3n) is 5.15. The first-order valence-electron chi connectivity index (χ1n) is 9.04. The molecule has 4 rings (SSSR count). The first kappa shape index (κ1) is 19.3. The van der Waals surface area contributed by atoms with Gasteiger partial charge in [0.05, 0.1) is 18.0 Å². The molecule has 3 aromatic rings. The van der Waals surface area contributed by atoms with E-state index in [0.717, 1.165) is 20.9 Å². The van der Waals surface area contributed by atoms with Crippen LogP contribution in [-0.4, -0.2) is 20.7 Å². The Bertz CT molecular complexity index is 1060.